The van der Waals surface area contributed by atoms with E-state index in [2.05, 4.69) is 6.07 Å². The van der Waals surface area contributed by atoms with Crippen LogP contribution < -0.4 is 0 Å². The maximum atomic E-state index is 9.36. The maximum Gasteiger partial charge on any atom is 0.0662 e. The number of aliphatic hydroxyl groups excluding tert-OH is 1. The molecule has 4 rings (SSSR count). The number of nitriles is 1. The third-order valence-corrected chi connectivity index (χ3v) is 5.40. The molecule has 2 heteroatoms. The summed E-state index contributed by atoms with van der Waals surface area (Å²) in [4.78, 5) is 0. The second-order valence-electron chi connectivity index (χ2n) is 6.47. The molecule has 1 atom stereocenters. The van der Waals surface area contributed by atoms with Crippen LogP contribution in [-0.2, 0) is 0 Å². The van der Waals surface area contributed by atoms with E-state index in [9.17, 15) is 5.26 Å². The van der Waals surface area contributed by atoms with Crippen molar-refractivity contribution in [2.45, 2.75) is 44.9 Å². The van der Waals surface area contributed by atoms with Crippen LogP contribution >= 0.6 is 0 Å². The van der Waals surface area contributed by atoms with Crippen LogP contribution in [0, 0.1) is 40.4 Å². The van der Waals surface area contributed by atoms with E-state index in [0.29, 0.717) is 11.8 Å². The predicted molar refractivity (Wildman–Crippen MR) is 61.4 cm³/mol. The van der Waals surface area contributed by atoms with E-state index in [-0.39, 0.29) is 12.5 Å². The lowest BCUT2D eigenvalue weighted by Gasteiger charge is -2.58. The average Bonchev–Trinajstić information content (AvgIpc) is 2.23. The molecule has 88 valence electrons. The van der Waals surface area contributed by atoms with Gasteiger partial charge >= 0.3 is 0 Å². The molecule has 0 heterocycles. The number of hydrogen-bond acceptors (Lipinski definition) is 2. The molecule has 0 aromatic carbocycles. The van der Waals surface area contributed by atoms with Crippen molar-refractivity contribution in [2.75, 3.05) is 6.61 Å². The standard InChI is InChI=1S/C14H21NO/c15-9-13(1-2-16)14-6-10-3-11(7-14)5-12(4-10)8-14/h10-13,16H,1-8H2. The molecule has 0 saturated heterocycles. The Morgan fingerprint density at radius 3 is 2.00 bits per heavy atom. The second kappa shape index (κ2) is 3.74. The quantitative estimate of drug-likeness (QED) is 0.793. The highest BCUT2D eigenvalue weighted by atomic mass is 16.3. The van der Waals surface area contributed by atoms with Gasteiger partial charge < -0.3 is 5.11 Å². The van der Waals surface area contributed by atoms with Gasteiger partial charge in [-0.2, -0.15) is 5.26 Å². The lowest BCUT2D eigenvalue weighted by Crippen LogP contribution is -2.49. The van der Waals surface area contributed by atoms with Gasteiger partial charge in [-0.15, -0.1) is 0 Å². The normalized spacial score (nSPS) is 46.6. The molecule has 0 radical (unpaired) electrons. The molecule has 4 aliphatic rings. The number of nitrogens with zero attached hydrogens (tertiary/aromatic N) is 1. The largest absolute Gasteiger partial charge is 0.396 e. The molecule has 0 aromatic rings. The van der Waals surface area contributed by atoms with Crippen LogP contribution in [0.3, 0.4) is 0 Å². The molecule has 0 amide bonds. The Labute approximate surface area is 97.7 Å². The van der Waals surface area contributed by atoms with Crippen LogP contribution in [0.5, 0.6) is 0 Å². The molecule has 0 aromatic heterocycles. The van der Waals surface area contributed by atoms with Crippen molar-refractivity contribution in [1.82, 2.24) is 0 Å². The van der Waals surface area contributed by atoms with Gasteiger partial charge in [0.2, 0.25) is 0 Å². The predicted octanol–water partition coefficient (Wildman–Crippen LogP) is 2.72. The second-order valence-corrected chi connectivity index (χ2v) is 6.47. The summed E-state index contributed by atoms with van der Waals surface area (Å²) in [5, 5.41) is 18.5. The van der Waals surface area contributed by atoms with E-state index < -0.39 is 0 Å². The smallest absolute Gasteiger partial charge is 0.0662 e. The fraction of sp³-hybridized carbons (Fsp3) is 0.929. The third-order valence-electron chi connectivity index (χ3n) is 5.40. The van der Waals surface area contributed by atoms with Crippen molar-refractivity contribution >= 4 is 0 Å². The molecule has 0 aliphatic heterocycles. The summed E-state index contributed by atoms with van der Waals surface area (Å²) < 4.78 is 0. The van der Waals surface area contributed by atoms with Gasteiger partial charge in [0, 0.05) is 6.61 Å². The Morgan fingerprint density at radius 1 is 1.12 bits per heavy atom. The summed E-state index contributed by atoms with van der Waals surface area (Å²) in [6.07, 6.45) is 8.80. The van der Waals surface area contributed by atoms with Gasteiger partial charge in [-0.1, -0.05) is 0 Å². The molecule has 16 heavy (non-hydrogen) atoms. The monoisotopic (exact) mass is 219 g/mol. The van der Waals surface area contributed by atoms with E-state index in [1.807, 2.05) is 0 Å². The molecule has 1 unspecified atom stereocenters. The molecule has 0 spiro atoms. The van der Waals surface area contributed by atoms with Gasteiger partial charge in [-0.3, -0.25) is 0 Å². The topological polar surface area (TPSA) is 44.0 Å². The summed E-state index contributed by atoms with van der Waals surface area (Å²) >= 11 is 0. The molecular formula is C14H21NO. The van der Waals surface area contributed by atoms with Crippen molar-refractivity contribution in [3.05, 3.63) is 0 Å². The Morgan fingerprint density at radius 2 is 1.62 bits per heavy atom. The number of hydrogen-bond donors (Lipinski definition) is 1. The molecule has 4 saturated carbocycles. The van der Waals surface area contributed by atoms with E-state index in [0.717, 1.165) is 17.8 Å². The lowest BCUT2D eigenvalue weighted by atomic mass is 9.46. The van der Waals surface area contributed by atoms with Crippen LogP contribution in [0.4, 0.5) is 0 Å². The Bertz CT molecular complexity index is 282. The summed E-state index contributed by atoms with van der Waals surface area (Å²) in [7, 11) is 0. The Balaban J connectivity index is 1.85. The van der Waals surface area contributed by atoms with Gasteiger partial charge in [0.05, 0.1) is 12.0 Å². The first kappa shape index (κ1) is 10.6. The summed E-state index contributed by atoms with van der Waals surface area (Å²) in [6.45, 7) is 0.181. The minimum absolute atomic E-state index is 0.117. The van der Waals surface area contributed by atoms with Gasteiger partial charge in [0.15, 0.2) is 0 Å². The number of rotatable bonds is 3. The van der Waals surface area contributed by atoms with E-state index in [1.54, 1.807) is 0 Å². The minimum atomic E-state index is 0.117. The molecule has 1 N–H and O–H groups in total. The Kier molecular flexibility index (Phi) is 2.47. The van der Waals surface area contributed by atoms with E-state index in [1.165, 1.54) is 38.5 Å². The van der Waals surface area contributed by atoms with Crippen LogP contribution in [0.1, 0.15) is 44.9 Å². The zero-order valence-electron chi connectivity index (χ0n) is 9.86. The fourth-order valence-corrected chi connectivity index (χ4v) is 5.24. The zero-order valence-corrected chi connectivity index (χ0v) is 9.86. The average molecular weight is 219 g/mol. The highest BCUT2D eigenvalue weighted by molar-refractivity contribution is 5.08. The van der Waals surface area contributed by atoms with Crippen molar-refractivity contribution < 1.29 is 5.11 Å². The van der Waals surface area contributed by atoms with Gasteiger partial charge in [0.25, 0.3) is 0 Å². The SMILES string of the molecule is N#CC(CCO)C12CC3CC(CC(C3)C1)C2. The first-order chi connectivity index (χ1) is 7.75. The molecule has 4 fully saturated rings. The van der Waals surface area contributed by atoms with Crippen molar-refractivity contribution in [2.24, 2.45) is 29.1 Å². The molecule has 2 nitrogen and oxygen atoms in total. The molecular weight excluding hydrogens is 198 g/mol. The molecule has 4 bridgehead atoms. The van der Waals surface area contributed by atoms with Gasteiger partial charge in [0.1, 0.15) is 0 Å². The Hall–Kier alpha value is -0.550. The van der Waals surface area contributed by atoms with Crippen LogP contribution in [-0.4, -0.2) is 11.7 Å². The highest BCUT2D eigenvalue weighted by Crippen LogP contribution is 2.63. The van der Waals surface area contributed by atoms with Crippen LogP contribution in [0.15, 0.2) is 0 Å². The zero-order chi connectivity index (χ0) is 11.2. The highest BCUT2D eigenvalue weighted by Gasteiger charge is 2.53. The number of aliphatic hydroxyl groups is 1. The van der Waals surface area contributed by atoms with Crippen molar-refractivity contribution in [3.8, 4) is 6.07 Å². The first-order valence-corrected chi connectivity index (χ1v) is 6.76. The lowest BCUT2D eigenvalue weighted by molar-refractivity contribution is -0.0782. The van der Waals surface area contributed by atoms with Crippen molar-refractivity contribution in [1.29, 1.82) is 5.26 Å². The van der Waals surface area contributed by atoms with Gasteiger partial charge in [-0.05, 0) is 68.1 Å². The van der Waals surface area contributed by atoms with Crippen molar-refractivity contribution in [3.63, 3.8) is 0 Å². The summed E-state index contributed by atoms with van der Waals surface area (Å²) in [5.74, 6) is 2.83. The summed E-state index contributed by atoms with van der Waals surface area (Å²) in [6, 6.07) is 2.50. The summed E-state index contributed by atoms with van der Waals surface area (Å²) in [5.41, 5.74) is 0.298. The molecule has 4 aliphatic carbocycles. The van der Waals surface area contributed by atoms with Crippen LogP contribution in [0.2, 0.25) is 0 Å². The van der Waals surface area contributed by atoms with E-state index >= 15 is 0 Å². The maximum absolute atomic E-state index is 9.36. The van der Waals surface area contributed by atoms with Gasteiger partial charge in [-0.25, -0.2) is 0 Å². The van der Waals surface area contributed by atoms with Crippen LogP contribution in [0.25, 0.3) is 0 Å². The minimum Gasteiger partial charge on any atom is -0.396 e. The fourth-order valence-electron chi connectivity index (χ4n) is 5.24. The first-order valence-electron chi connectivity index (χ1n) is 6.76. The van der Waals surface area contributed by atoms with E-state index in [4.69, 9.17) is 5.11 Å². The third kappa shape index (κ3) is 1.49.